The summed E-state index contributed by atoms with van der Waals surface area (Å²) < 4.78 is 1.23. The van der Waals surface area contributed by atoms with Crippen molar-refractivity contribution in [2.75, 3.05) is 19.6 Å². The molecule has 1 aliphatic heterocycles. The van der Waals surface area contributed by atoms with Gasteiger partial charge >= 0.3 is 0 Å². The standard InChI is InChI=1S/C13H19BrN2.ClH/c1-10-2-3-12(13(14)6-10)9-16-5-4-11(7-15)8-16;/h2-3,6,11H,4-5,7-9,15H2,1H3;1H. The van der Waals surface area contributed by atoms with Crippen LogP contribution in [0.25, 0.3) is 0 Å². The van der Waals surface area contributed by atoms with Crippen LogP contribution in [0.4, 0.5) is 0 Å². The highest BCUT2D eigenvalue weighted by atomic mass is 79.9. The molecule has 1 fully saturated rings. The minimum atomic E-state index is 0. The first-order valence-electron chi connectivity index (χ1n) is 5.86. The van der Waals surface area contributed by atoms with Crippen molar-refractivity contribution >= 4 is 28.3 Å². The molecule has 0 aromatic heterocycles. The first kappa shape index (κ1) is 15.0. The smallest absolute Gasteiger partial charge is 0.0245 e. The molecule has 1 atom stereocenters. The van der Waals surface area contributed by atoms with E-state index in [0.29, 0.717) is 5.92 Å². The lowest BCUT2D eigenvalue weighted by Crippen LogP contribution is -2.22. The Balaban J connectivity index is 0.00000144. The lowest BCUT2D eigenvalue weighted by atomic mass is 10.1. The van der Waals surface area contributed by atoms with Crippen molar-refractivity contribution in [1.82, 2.24) is 4.90 Å². The number of hydrogen-bond acceptors (Lipinski definition) is 2. The molecule has 1 unspecified atom stereocenters. The van der Waals surface area contributed by atoms with Gasteiger partial charge in [0.15, 0.2) is 0 Å². The Morgan fingerprint density at radius 1 is 1.47 bits per heavy atom. The number of aryl methyl sites for hydroxylation is 1. The number of hydrogen-bond donors (Lipinski definition) is 1. The Labute approximate surface area is 118 Å². The zero-order chi connectivity index (χ0) is 11.5. The van der Waals surface area contributed by atoms with E-state index in [1.54, 1.807) is 0 Å². The molecule has 4 heteroatoms. The molecule has 0 saturated carbocycles. The van der Waals surface area contributed by atoms with E-state index in [9.17, 15) is 0 Å². The topological polar surface area (TPSA) is 29.3 Å². The van der Waals surface area contributed by atoms with Crippen LogP contribution in [0, 0.1) is 12.8 Å². The second-order valence-corrected chi connectivity index (χ2v) is 5.57. The molecule has 17 heavy (non-hydrogen) atoms. The van der Waals surface area contributed by atoms with E-state index in [2.05, 4.69) is 46.0 Å². The first-order chi connectivity index (χ1) is 7.69. The third kappa shape index (κ3) is 3.95. The number of benzene rings is 1. The Morgan fingerprint density at radius 2 is 2.24 bits per heavy atom. The van der Waals surface area contributed by atoms with E-state index in [1.165, 1.54) is 28.6 Å². The van der Waals surface area contributed by atoms with E-state index in [-0.39, 0.29) is 12.4 Å². The molecule has 2 rings (SSSR count). The van der Waals surface area contributed by atoms with Gasteiger partial charge in [0.1, 0.15) is 0 Å². The van der Waals surface area contributed by atoms with Crippen LogP contribution in [0.15, 0.2) is 22.7 Å². The Kier molecular flexibility index (Phi) is 5.93. The van der Waals surface area contributed by atoms with E-state index in [0.717, 1.165) is 19.6 Å². The summed E-state index contributed by atoms with van der Waals surface area (Å²) in [7, 11) is 0. The number of nitrogens with two attached hydrogens (primary N) is 1. The van der Waals surface area contributed by atoms with Crippen molar-refractivity contribution in [1.29, 1.82) is 0 Å². The Morgan fingerprint density at radius 3 is 2.82 bits per heavy atom. The molecule has 0 spiro atoms. The zero-order valence-electron chi connectivity index (χ0n) is 10.2. The fourth-order valence-electron chi connectivity index (χ4n) is 2.27. The summed E-state index contributed by atoms with van der Waals surface area (Å²) in [6.07, 6.45) is 1.25. The van der Waals surface area contributed by atoms with Gasteiger partial charge in [-0.2, -0.15) is 0 Å². The molecule has 2 N–H and O–H groups in total. The maximum atomic E-state index is 5.70. The summed E-state index contributed by atoms with van der Waals surface area (Å²) in [6.45, 7) is 6.32. The fraction of sp³-hybridized carbons (Fsp3) is 0.538. The van der Waals surface area contributed by atoms with Crippen molar-refractivity contribution in [2.24, 2.45) is 11.7 Å². The second-order valence-electron chi connectivity index (χ2n) is 4.72. The Hall–Kier alpha value is -0.0900. The molecule has 1 aliphatic rings. The van der Waals surface area contributed by atoms with Gasteiger partial charge < -0.3 is 5.73 Å². The summed E-state index contributed by atoms with van der Waals surface area (Å²) in [6, 6.07) is 6.58. The van der Waals surface area contributed by atoms with E-state index in [1.807, 2.05) is 0 Å². The Bertz CT molecular complexity index is 370. The maximum absolute atomic E-state index is 5.70. The number of likely N-dealkylation sites (tertiary alicyclic amines) is 1. The van der Waals surface area contributed by atoms with Crippen molar-refractivity contribution in [3.05, 3.63) is 33.8 Å². The van der Waals surface area contributed by atoms with Crippen LogP contribution < -0.4 is 5.73 Å². The lowest BCUT2D eigenvalue weighted by Gasteiger charge is -2.17. The van der Waals surface area contributed by atoms with Crippen LogP contribution in [-0.2, 0) is 6.54 Å². The number of rotatable bonds is 3. The molecule has 2 nitrogen and oxygen atoms in total. The van der Waals surface area contributed by atoms with Gasteiger partial charge in [0.05, 0.1) is 0 Å². The average Bonchev–Trinajstić information content (AvgIpc) is 2.70. The molecule has 1 saturated heterocycles. The molecule has 1 heterocycles. The molecular weight excluding hydrogens is 300 g/mol. The lowest BCUT2D eigenvalue weighted by molar-refractivity contribution is 0.317. The molecule has 0 radical (unpaired) electrons. The maximum Gasteiger partial charge on any atom is 0.0245 e. The second kappa shape index (κ2) is 6.74. The molecule has 0 amide bonds. The van der Waals surface area contributed by atoms with Crippen LogP contribution in [0.5, 0.6) is 0 Å². The van der Waals surface area contributed by atoms with Crippen LogP contribution >= 0.6 is 28.3 Å². The molecule has 0 aliphatic carbocycles. The van der Waals surface area contributed by atoms with E-state index >= 15 is 0 Å². The van der Waals surface area contributed by atoms with Gasteiger partial charge in [0.2, 0.25) is 0 Å². The normalized spacial score (nSPS) is 20.3. The van der Waals surface area contributed by atoms with Crippen LogP contribution in [0.2, 0.25) is 0 Å². The zero-order valence-corrected chi connectivity index (χ0v) is 12.6. The molecule has 0 bridgehead atoms. The monoisotopic (exact) mass is 318 g/mol. The molecule has 1 aromatic rings. The van der Waals surface area contributed by atoms with Gasteiger partial charge in [-0.25, -0.2) is 0 Å². The van der Waals surface area contributed by atoms with Crippen LogP contribution in [0.3, 0.4) is 0 Å². The highest BCUT2D eigenvalue weighted by Crippen LogP contribution is 2.23. The predicted octanol–water partition coefficient (Wildman–Crippen LogP) is 2.96. The first-order valence-corrected chi connectivity index (χ1v) is 6.66. The van der Waals surface area contributed by atoms with Gasteiger partial charge in [-0.1, -0.05) is 28.1 Å². The molecule has 1 aromatic carbocycles. The van der Waals surface area contributed by atoms with Gasteiger partial charge in [0.25, 0.3) is 0 Å². The van der Waals surface area contributed by atoms with Gasteiger partial charge in [-0.15, -0.1) is 12.4 Å². The van der Waals surface area contributed by atoms with Crippen molar-refractivity contribution in [3.63, 3.8) is 0 Å². The van der Waals surface area contributed by atoms with Gasteiger partial charge in [-0.3, -0.25) is 4.90 Å². The van der Waals surface area contributed by atoms with Crippen molar-refractivity contribution < 1.29 is 0 Å². The van der Waals surface area contributed by atoms with Crippen molar-refractivity contribution in [3.8, 4) is 0 Å². The van der Waals surface area contributed by atoms with Gasteiger partial charge in [-0.05, 0) is 49.5 Å². The highest BCUT2D eigenvalue weighted by molar-refractivity contribution is 9.10. The minimum Gasteiger partial charge on any atom is -0.330 e. The fourth-order valence-corrected chi connectivity index (χ4v) is 2.89. The summed E-state index contributed by atoms with van der Waals surface area (Å²) >= 11 is 3.64. The number of nitrogens with zero attached hydrogens (tertiary/aromatic N) is 1. The quantitative estimate of drug-likeness (QED) is 0.928. The summed E-state index contributed by atoms with van der Waals surface area (Å²) in [4.78, 5) is 2.49. The largest absolute Gasteiger partial charge is 0.330 e. The average molecular weight is 320 g/mol. The van der Waals surface area contributed by atoms with Crippen molar-refractivity contribution in [2.45, 2.75) is 19.9 Å². The minimum absolute atomic E-state index is 0. The van der Waals surface area contributed by atoms with Crippen LogP contribution in [0.1, 0.15) is 17.5 Å². The number of halogens is 2. The van der Waals surface area contributed by atoms with Crippen LogP contribution in [-0.4, -0.2) is 24.5 Å². The SMILES string of the molecule is Cc1ccc(CN2CCC(CN)C2)c(Br)c1.Cl. The summed E-state index contributed by atoms with van der Waals surface area (Å²) in [5, 5.41) is 0. The third-order valence-corrected chi connectivity index (χ3v) is 4.04. The predicted molar refractivity (Wildman–Crippen MR) is 78.6 cm³/mol. The molecular formula is C13H20BrClN2. The summed E-state index contributed by atoms with van der Waals surface area (Å²) in [5.74, 6) is 0.698. The molecule has 96 valence electrons. The summed E-state index contributed by atoms with van der Waals surface area (Å²) in [5.41, 5.74) is 8.38. The van der Waals surface area contributed by atoms with E-state index < -0.39 is 0 Å². The third-order valence-electron chi connectivity index (χ3n) is 3.31. The van der Waals surface area contributed by atoms with Gasteiger partial charge in [0, 0.05) is 17.6 Å². The van der Waals surface area contributed by atoms with E-state index in [4.69, 9.17) is 5.73 Å². The highest BCUT2D eigenvalue weighted by Gasteiger charge is 2.21.